The van der Waals surface area contributed by atoms with E-state index < -0.39 is 17.4 Å². The molecule has 0 aliphatic carbocycles. The number of ether oxygens (including phenoxy) is 1. The minimum atomic E-state index is -4.69. The zero-order valence-electron chi connectivity index (χ0n) is 17.6. The van der Waals surface area contributed by atoms with Gasteiger partial charge in [0.2, 0.25) is 0 Å². The van der Waals surface area contributed by atoms with Gasteiger partial charge in [0.15, 0.2) is 0 Å². The molecule has 10 heteroatoms. The molecule has 6 nitrogen and oxygen atoms in total. The molecule has 4 rings (SSSR count). The molecule has 2 aromatic carbocycles. The molecule has 172 valence electrons. The molecule has 0 saturated carbocycles. The molecule has 0 aliphatic rings. The summed E-state index contributed by atoms with van der Waals surface area (Å²) < 4.78 is 50.0. The summed E-state index contributed by atoms with van der Waals surface area (Å²) in [7, 11) is 0. The van der Waals surface area contributed by atoms with E-state index in [0.29, 0.717) is 29.1 Å². The molecule has 1 N–H and O–H groups in total. The molecular formula is C24H16F3N3O3S. The van der Waals surface area contributed by atoms with E-state index in [2.05, 4.69) is 16.4 Å². The highest BCUT2D eigenvalue weighted by atomic mass is 32.1. The van der Waals surface area contributed by atoms with Gasteiger partial charge in [-0.05, 0) is 43.3 Å². The highest BCUT2D eigenvalue weighted by Gasteiger charge is 2.33. The first-order valence-electron chi connectivity index (χ1n) is 9.99. The third-order valence-corrected chi connectivity index (χ3v) is 5.62. The lowest BCUT2D eigenvalue weighted by Crippen LogP contribution is -2.11. The van der Waals surface area contributed by atoms with E-state index in [0.717, 1.165) is 11.3 Å². The lowest BCUT2D eigenvalue weighted by atomic mass is 10.1. The first-order chi connectivity index (χ1) is 16.3. The van der Waals surface area contributed by atoms with Crippen LogP contribution in [0.5, 0.6) is 5.75 Å². The van der Waals surface area contributed by atoms with Crippen LogP contribution in [0.2, 0.25) is 0 Å². The van der Waals surface area contributed by atoms with Gasteiger partial charge in [0, 0.05) is 40.3 Å². The highest BCUT2D eigenvalue weighted by Crippen LogP contribution is 2.34. The number of hydrogen-bond acceptors (Lipinski definition) is 7. The predicted octanol–water partition coefficient (Wildman–Crippen LogP) is 6.31. The first-order valence-corrected chi connectivity index (χ1v) is 10.9. The number of nitrogens with one attached hydrogen (secondary N) is 1. The van der Waals surface area contributed by atoms with Gasteiger partial charge in [-0.25, -0.2) is 9.78 Å². The van der Waals surface area contributed by atoms with Crippen LogP contribution in [0.15, 0.2) is 69.3 Å². The number of thiazole rings is 1. The number of aromatic nitrogens is 1. The zero-order chi connectivity index (χ0) is 24.3. The Bertz CT molecular complexity index is 1470. The number of benzene rings is 2. The topological polar surface area (TPSA) is 88.1 Å². The smallest absolute Gasteiger partial charge is 0.417 e. The number of nitrogens with zero attached hydrogens (tertiary/aromatic N) is 2. The van der Waals surface area contributed by atoms with Crippen LogP contribution >= 0.6 is 11.3 Å². The summed E-state index contributed by atoms with van der Waals surface area (Å²) in [5, 5.41) is 14.5. The van der Waals surface area contributed by atoms with Gasteiger partial charge in [0.25, 0.3) is 0 Å². The lowest BCUT2D eigenvalue weighted by Gasteiger charge is -2.10. The Kier molecular flexibility index (Phi) is 6.38. The Morgan fingerprint density at radius 2 is 2.00 bits per heavy atom. The fourth-order valence-electron chi connectivity index (χ4n) is 3.20. The molecular weight excluding hydrogens is 467 g/mol. The van der Waals surface area contributed by atoms with Crippen molar-refractivity contribution in [2.24, 2.45) is 0 Å². The van der Waals surface area contributed by atoms with E-state index in [1.54, 1.807) is 0 Å². The zero-order valence-corrected chi connectivity index (χ0v) is 18.5. The second-order valence-electron chi connectivity index (χ2n) is 7.00. The molecule has 0 bridgehead atoms. The van der Waals surface area contributed by atoms with Gasteiger partial charge in [-0.15, -0.1) is 11.3 Å². The van der Waals surface area contributed by atoms with E-state index in [1.165, 1.54) is 35.7 Å². The Morgan fingerprint density at radius 3 is 2.68 bits per heavy atom. The van der Waals surface area contributed by atoms with Crippen molar-refractivity contribution < 1.29 is 22.3 Å². The maximum atomic E-state index is 13.2. The predicted molar refractivity (Wildman–Crippen MR) is 123 cm³/mol. The second kappa shape index (κ2) is 9.41. The molecule has 0 fully saturated rings. The lowest BCUT2D eigenvalue weighted by molar-refractivity contribution is -0.136. The van der Waals surface area contributed by atoms with Crippen LogP contribution in [-0.4, -0.2) is 11.6 Å². The van der Waals surface area contributed by atoms with E-state index in [-0.39, 0.29) is 16.5 Å². The summed E-state index contributed by atoms with van der Waals surface area (Å²) in [6, 6.07) is 13.8. The number of hydrogen-bond donors (Lipinski definition) is 1. The summed E-state index contributed by atoms with van der Waals surface area (Å²) in [4.78, 5) is 16.1. The van der Waals surface area contributed by atoms with Gasteiger partial charge in [0.05, 0.1) is 17.9 Å². The number of nitriles is 1. The quantitative estimate of drug-likeness (QED) is 0.255. The molecule has 2 heterocycles. The standard InChI is InChI=1S/C24H16F3N3O3S/c1-2-32-17-6-3-14(4-7-17)20-13-34-23(30-20)15(11-28)12-29-16-5-8-18-19(24(25,26)27)10-22(31)33-21(18)9-16/h3-10,12-13,29H,2H2,1H3. The molecule has 2 aromatic heterocycles. The number of allylic oxidation sites excluding steroid dienone is 1. The van der Waals surface area contributed by atoms with Gasteiger partial charge < -0.3 is 14.5 Å². The van der Waals surface area contributed by atoms with E-state index in [9.17, 15) is 23.2 Å². The van der Waals surface area contributed by atoms with Crippen LogP contribution in [0.1, 0.15) is 17.5 Å². The molecule has 0 amide bonds. The van der Waals surface area contributed by atoms with Crippen LogP contribution in [0.4, 0.5) is 18.9 Å². The molecule has 0 saturated heterocycles. The Labute approximate surface area is 195 Å². The van der Waals surface area contributed by atoms with Crippen molar-refractivity contribution in [2.45, 2.75) is 13.1 Å². The fraction of sp³-hybridized carbons (Fsp3) is 0.125. The van der Waals surface area contributed by atoms with E-state index >= 15 is 0 Å². The third kappa shape index (κ3) is 4.94. The van der Waals surface area contributed by atoms with Crippen LogP contribution in [-0.2, 0) is 6.18 Å². The maximum Gasteiger partial charge on any atom is 0.417 e. The number of anilines is 1. The normalized spacial score (nSPS) is 11.9. The highest BCUT2D eigenvalue weighted by molar-refractivity contribution is 7.11. The SMILES string of the molecule is CCOc1ccc(-c2csc(C(C#N)=CNc3ccc4c(C(F)(F)F)cc(=O)oc4c3)n2)cc1. The van der Waals surface area contributed by atoms with Gasteiger partial charge in [-0.1, -0.05) is 0 Å². The molecule has 0 unspecified atom stereocenters. The van der Waals surface area contributed by atoms with E-state index in [4.69, 9.17) is 9.15 Å². The van der Waals surface area contributed by atoms with Crippen molar-refractivity contribution >= 4 is 33.6 Å². The summed E-state index contributed by atoms with van der Waals surface area (Å²) in [5.41, 5.74) is -0.266. The number of alkyl halides is 3. The molecule has 0 aliphatic heterocycles. The average Bonchev–Trinajstić information content (AvgIpc) is 3.29. The summed E-state index contributed by atoms with van der Waals surface area (Å²) >= 11 is 1.28. The van der Waals surface area contributed by atoms with Gasteiger partial charge in [0.1, 0.15) is 28.0 Å². The monoisotopic (exact) mass is 483 g/mol. The summed E-state index contributed by atoms with van der Waals surface area (Å²) in [5.74, 6) is 0.747. The maximum absolute atomic E-state index is 13.2. The van der Waals surface area contributed by atoms with Crippen molar-refractivity contribution in [3.8, 4) is 23.1 Å². The van der Waals surface area contributed by atoms with Gasteiger partial charge in [-0.3, -0.25) is 0 Å². The van der Waals surface area contributed by atoms with Crippen LogP contribution in [0.25, 0.3) is 27.8 Å². The minimum Gasteiger partial charge on any atom is -0.494 e. The number of fused-ring (bicyclic) bond motifs is 1. The van der Waals surface area contributed by atoms with Crippen molar-refractivity contribution in [3.05, 3.63) is 81.1 Å². The second-order valence-corrected chi connectivity index (χ2v) is 7.86. The fourth-order valence-corrected chi connectivity index (χ4v) is 4.00. The molecule has 0 radical (unpaired) electrons. The van der Waals surface area contributed by atoms with Crippen molar-refractivity contribution in [1.29, 1.82) is 5.26 Å². The molecule has 4 aromatic rings. The Hall–Kier alpha value is -4.10. The van der Waals surface area contributed by atoms with Crippen LogP contribution in [0.3, 0.4) is 0 Å². The van der Waals surface area contributed by atoms with E-state index in [1.807, 2.05) is 36.6 Å². The largest absolute Gasteiger partial charge is 0.494 e. The minimum absolute atomic E-state index is 0.219. The van der Waals surface area contributed by atoms with Gasteiger partial charge >= 0.3 is 11.8 Å². The summed E-state index contributed by atoms with van der Waals surface area (Å²) in [6.45, 7) is 2.47. The molecule has 0 atom stereocenters. The van der Waals surface area contributed by atoms with Crippen LogP contribution < -0.4 is 15.7 Å². The first kappa shape index (κ1) is 23.1. The average molecular weight is 483 g/mol. The number of rotatable bonds is 6. The van der Waals surface area contributed by atoms with Crippen molar-refractivity contribution in [1.82, 2.24) is 4.98 Å². The Balaban J connectivity index is 1.58. The number of halogens is 3. The van der Waals surface area contributed by atoms with Gasteiger partial charge in [-0.2, -0.15) is 18.4 Å². The third-order valence-electron chi connectivity index (χ3n) is 4.75. The van der Waals surface area contributed by atoms with Crippen molar-refractivity contribution in [2.75, 3.05) is 11.9 Å². The Morgan fingerprint density at radius 1 is 1.24 bits per heavy atom. The summed E-state index contributed by atoms with van der Waals surface area (Å²) in [6.07, 6.45) is -3.30. The molecule has 0 spiro atoms. The molecule has 34 heavy (non-hydrogen) atoms. The van der Waals surface area contributed by atoms with Crippen LogP contribution in [0, 0.1) is 11.3 Å². The van der Waals surface area contributed by atoms with Crippen molar-refractivity contribution in [3.63, 3.8) is 0 Å².